The third-order valence-corrected chi connectivity index (χ3v) is 5.36. The van der Waals surface area contributed by atoms with Crippen LogP contribution >= 0.6 is 0 Å². The van der Waals surface area contributed by atoms with E-state index in [1.165, 1.54) is 12.3 Å². The molecule has 0 aromatic carbocycles. The minimum Gasteiger partial charge on any atom is -0.456 e. The summed E-state index contributed by atoms with van der Waals surface area (Å²) in [5, 5.41) is 6.68. The van der Waals surface area contributed by atoms with Crippen molar-refractivity contribution in [3.8, 4) is 22.8 Å². The van der Waals surface area contributed by atoms with Gasteiger partial charge in [0.15, 0.2) is 0 Å². The van der Waals surface area contributed by atoms with Crippen LogP contribution in [0.4, 0.5) is 19.4 Å². The molecule has 1 aliphatic rings. The van der Waals surface area contributed by atoms with Gasteiger partial charge in [-0.3, -0.25) is 24.7 Å². The third kappa shape index (κ3) is 5.91. The van der Waals surface area contributed by atoms with Crippen molar-refractivity contribution in [2.75, 3.05) is 11.9 Å². The predicted octanol–water partition coefficient (Wildman–Crippen LogP) is 4.63. The summed E-state index contributed by atoms with van der Waals surface area (Å²) in [4.78, 5) is 34.3. The molecule has 0 bridgehead atoms. The molecule has 0 radical (unpaired) electrons. The van der Waals surface area contributed by atoms with Crippen LogP contribution in [0.5, 0.6) is 11.5 Å². The topological polar surface area (TPSA) is 102 Å². The van der Waals surface area contributed by atoms with Crippen LogP contribution in [0.25, 0.3) is 11.3 Å². The maximum Gasteiger partial charge on any atom is 0.329 e. The first-order chi connectivity index (χ1) is 16.3. The molecule has 9 nitrogen and oxygen atoms in total. The number of carbonyl (C=O) groups excluding carboxylic acids is 2. The van der Waals surface area contributed by atoms with Crippen molar-refractivity contribution in [2.24, 2.45) is 7.05 Å². The number of nitrogens with one attached hydrogen (secondary N) is 1. The number of amides is 3. The first kappa shape index (κ1) is 23.3. The number of halogens is 2. The molecule has 178 valence electrons. The number of nitrogens with zero attached hydrogens (tertiary/aromatic N) is 5. The number of urea groups is 1. The summed E-state index contributed by atoms with van der Waals surface area (Å²) in [7, 11) is 1.82. The van der Waals surface area contributed by atoms with Gasteiger partial charge in [0.2, 0.25) is 11.8 Å². The second-order valence-corrected chi connectivity index (χ2v) is 8.05. The molecule has 3 aromatic heterocycles. The van der Waals surface area contributed by atoms with E-state index in [0.717, 1.165) is 10.5 Å². The summed E-state index contributed by atoms with van der Waals surface area (Å²) in [6.45, 7) is 0.0866. The van der Waals surface area contributed by atoms with E-state index in [9.17, 15) is 18.4 Å². The Hall–Kier alpha value is -3.89. The highest BCUT2D eigenvalue weighted by atomic mass is 19.3. The van der Waals surface area contributed by atoms with Crippen LogP contribution in [-0.2, 0) is 11.8 Å². The molecule has 0 unspecified atom stereocenters. The van der Waals surface area contributed by atoms with Crippen molar-refractivity contribution in [3.05, 3.63) is 49.1 Å². The average Bonchev–Trinajstić information content (AvgIpc) is 3.27. The fraction of sp³-hybridized carbons (Fsp3) is 0.348. The zero-order valence-corrected chi connectivity index (χ0v) is 18.6. The lowest BCUT2D eigenvalue weighted by Crippen LogP contribution is -2.40. The van der Waals surface area contributed by atoms with Crippen LogP contribution < -0.4 is 10.1 Å². The first-order valence-corrected chi connectivity index (χ1v) is 10.9. The van der Waals surface area contributed by atoms with Gasteiger partial charge in [0.05, 0.1) is 18.1 Å². The molecule has 34 heavy (non-hydrogen) atoms. The summed E-state index contributed by atoms with van der Waals surface area (Å²) in [5.74, 6) is -2.32. The van der Waals surface area contributed by atoms with Gasteiger partial charge in [0.25, 0.3) is 0 Å². The zero-order valence-electron chi connectivity index (χ0n) is 18.6. The molecular formula is C23H24F2N6O3. The van der Waals surface area contributed by atoms with Gasteiger partial charge in [-0.1, -0.05) is 0 Å². The molecule has 3 amide bonds. The standard InChI is InChI=1S/C23H24F2N6O3/c1-30-15-16(13-28-30)19-12-17(7-10-26-19)34-18-4-5-20(27-14-18)29-22(33)31-11-3-2-8-23(24,25)9-6-21(31)32/h4-5,7,10,12-15H,2-3,6,8-9,11H2,1H3,(H,27,29,33). The van der Waals surface area contributed by atoms with Gasteiger partial charge in [-0.2, -0.15) is 5.10 Å². The summed E-state index contributed by atoms with van der Waals surface area (Å²) in [6.07, 6.45) is 5.95. The van der Waals surface area contributed by atoms with Crippen molar-refractivity contribution in [3.63, 3.8) is 0 Å². The van der Waals surface area contributed by atoms with Crippen LogP contribution in [0.15, 0.2) is 49.1 Å². The van der Waals surface area contributed by atoms with Crippen LogP contribution in [0.3, 0.4) is 0 Å². The number of hydrogen-bond acceptors (Lipinski definition) is 6. The van der Waals surface area contributed by atoms with Crippen LogP contribution in [0, 0.1) is 0 Å². The fourth-order valence-corrected chi connectivity index (χ4v) is 3.56. The Labute approximate surface area is 194 Å². The first-order valence-electron chi connectivity index (χ1n) is 10.9. The average molecular weight is 470 g/mol. The molecule has 0 aliphatic carbocycles. The minimum absolute atomic E-state index is 0.0866. The number of hydrogen-bond donors (Lipinski definition) is 1. The van der Waals surface area contributed by atoms with Gasteiger partial charge in [-0.25, -0.2) is 18.6 Å². The van der Waals surface area contributed by atoms with E-state index in [4.69, 9.17) is 4.74 Å². The summed E-state index contributed by atoms with van der Waals surface area (Å²) >= 11 is 0. The predicted molar refractivity (Wildman–Crippen MR) is 120 cm³/mol. The fourth-order valence-electron chi connectivity index (χ4n) is 3.56. The molecule has 11 heteroatoms. The molecule has 1 saturated heterocycles. The molecular weight excluding hydrogens is 446 g/mol. The largest absolute Gasteiger partial charge is 0.456 e. The van der Waals surface area contributed by atoms with Crippen molar-refractivity contribution in [2.45, 2.75) is 38.0 Å². The highest BCUT2D eigenvalue weighted by Crippen LogP contribution is 2.29. The van der Waals surface area contributed by atoms with E-state index in [0.29, 0.717) is 23.6 Å². The molecule has 1 aliphatic heterocycles. The molecule has 0 atom stereocenters. The van der Waals surface area contributed by atoms with Crippen LogP contribution in [0.2, 0.25) is 0 Å². The number of rotatable bonds is 4. The van der Waals surface area contributed by atoms with Gasteiger partial charge in [0, 0.05) is 56.9 Å². The maximum atomic E-state index is 13.7. The smallest absolute Gasteiger partial charge is 0.329 e. The van der Waals surface area contributed by atoms with Crippen molar-refractivity contribution < 1.29 is 23.1 Å². The van der Waals surface area contributed by atoms with Crippen LogP contribution in [-0.4, -0.2) is 49.1 Å². The number of aryl methyl sites for hydroxylation is 1. The van der Waals surface area contributed by atoms with Gasteiger partial charge < -0.3 is 4.74 Å². The van der Waals surface area contributed by atoms with E-state index < -0.39 is 24.3 Å². The van der Waals surface area contributed by atoms with Crippen molar-refractivity contribution in [1.82, 2.24) is 24.6 Å². The normalized spacial score (nSPS) is 16.3. The van der Waals surface area contributed by atoms with Crippen molar-refractivity contribution in [1.29, 1.82) is 0 Å². The van der Waals surface area contributed by atoms with E-state index in [-0.39, 0.29) is 31.6 Å². The highest BCUT2D eigenvalue weighted by Gasteiger charge is 2.33. The minimum atomic E-state index is -2.88. The van der Waals surface area contributed by atoms with Crippen LogP contribution in [0.1, 0.15) is 32.1 Å². The second kappa shape index (κ2) is 9.94. The Balaban J connectivity index is 1.38. The molecule has 4 heterocycles. The Bertz CT molecular complexity index is 1170. The second-order valence-electron chi connectivity index (χ2n) is 8.05. The number of imide groups is 1. The summed E-state index contributed by atoms with van der Waals surface area (Å²) in [6, 6.07) is 5.94. The molecule has 0 spiro atoms. The Kier molecular flexibility index (Phi) is 6.80. The van der Waals surface area contributed by atoms with Gasteiger partial charge in [0.1, 0.15) is 17.3 Å². The highest BCUT2D eigenvalue weighted by molar-refractivity contribution is 6.00. The molecule has 1 N–H and O–H groups in total. The molecule has 1 fully saturated rings. The Morgan fingerprint density at radius 2 is 1.97 bits per heavy atom. The van der Waals surface area contributed by atoms with E-state index in [1.807, 2.05) is 13.2 Å². The Morgan fingerprint density at radius 3 is 2.71 bits per heavy atom. The number of aromatic nitrogens is 4. The summed E-state index contributed by atoms with van der Waals surface area (Å²) in [5.41, 5.74) is 1.55. The van der Waals surface area contributed by atoms with E-state index >= 15 is 0 Å². The number of anilines is 1. The molecule has 0 saturated carbocycles. The molecule has 4 rings (SSSR count). The quantitative estimate of drug-likeness (QED) is 0.597. The Morgan fingerprint density at radius 1 is 1.12 bits per heavy atom. The SMILES string of the molecule is Cn1cc(-c2cc(Oc3ccc(NC(=O)N4CCCCC(F)(F)CCC4=O)nc3)ccn2)cn1. The molecule has 3 aromatic rings. The van der Waals surface area contributed by atoms with E-state index in [1.54, 1.807) is 35.3 Å². The van der Waals surface area contributed by atoms with Gasteiger partial charge in [-0.15, -0.1) is 0 Å². The van der Waals surface area contributed by atoms with Crippen molar-refractivity contribution >= 4 is 17.8 Å². The number of ether oxygens (including phenoxy) is 1. The monoisotopic (exact) mass is 470 g/mol. The van der Waals surface area contributed by atoms with E-state index in [2.05, 4.69) is 20.4 Å². The maximum absolute atomic E-state index is 13.7. The number of carbonyl (C=O) groups is 2. The summed E-state index contributed by atoms with van der Waals surface area (Å²) < 4.78 is 34.9. The third-order valence-electron chi connectivity index (χ3n) is 5.36. The zero-order chi connectivity index (χ0) is 24.1. The number of pyridine rings is 2. The lowest BCUT2D eigenvalue weighted by Gasteiger charge is -2.20. The lowest BCUT2D eigenvalue weighted by atomic mass is 10.1. The van der Waals surface area contributed by atoms with Gasteiger partial charge in [-0.05, 0) is 31.0 Å². The van der Waals surface area contributed by atoms with Gasteiger partial charge >= 0.3 is 6.03 Å². The number of alkyl halides is 2. The lowest BCUT2D eigenvalue weighted by molar-refractivity contribution is -0.129.